The summed E-state index contributed by atoms with van der Waals surface area (Å²) in [6.07, 6.45) is 0. The van der Waals surface area contributed by atoms with Crippen LogP contribution in [0, 0.1) is 10.1 Å². The molecular weight excluding hydrogens is 240 g/mol. The second-order valence-corrected chi connectivity index (χ2v) is 3.37. The van der Waals surface area contributed by atoms with Gasteiger partial charge in [0.1, 0.15) is 12.3 Å². The van der Waals surface area contributed by atoms with Crippen molar-refractivity contribution in [3.8, 4) is 0 Å². The third-order valence-electron chi connectivity index (χ3n) is 2.04. The molecule has 0 aliphatic carbocycles. The average Bonchev–Trinajstić information content (AvgIpc) is 2.35. The largest absolute Gasteiger partial charge is 0.382 e. The number of methoxy groups -OCH3 is 1. The number of nitrogens with zero attached hydrogens (tertiary/aromatic N) is 1. The van der Waals surface area contributed by atoms with Gasteiger partial charge in [0.05, 0.1) is 18.1 Å². The molecule has 98 valence electrons. The number of hydrogen-bond donors (Lipinski definition) is 1. The Balaban J connectivity index is 2.51. The molecule has 0 saturated carbocycles. The number of carbonyl (C=O) groups is 1. The molecule has 0 aliphatic rings. The molecule has 18 heavy (non-hydrogen) atoms. The Bertz CT molecular complexity index is 422. The first-order valence-electron chi connectivity index (χ1n) is 5.25. The molecule has 0 bridgehead atoms. The summed E-state index contributed by atoms with van der Waals surface area (Å²) in [5.74, 6) is -0.444. The highest BCUT2D eigenvalue weighted by Crippen LogP contribution is 2.22. The van der Waals surface area contributed by atoms with Crippen LogP contribution in [0.3, 0.4) is 0 Å². The van der Waals surface area contributed by atoms with Crippen LogP contribution in [-0.4, -0.2) is 37.8 Å². The minimum atomic E-state index is -0.554. The van der Waals surface area contributed by atoms with E-state index in [1.54, 1.807) is 6.07 Å². The van der Waals surface area contributed by atoms with Gasteiger partial charge in [0.2, 0.25) is 0 Å². The second-order valence-electron chi connectivity index (χ2n) is 3.37. The zero-order valence-corrected chi connectivity index (χ0v) is 9.92. The van der Waals surface area contributed by atoms with Gasteiger partial charge >= 0.3 is 0 Å². The first-order valence-corrected chi connectivity index (χ1v) is 5.25. The lowest BCUT2D eigenvalue weighted by molar-refractivity contribution is -0.383. The van der Waals surface area contributed by atoms with E-state index in [9.17, 15) is 14.9 Å². The van der Waals surface area contributed by atoms with Crippen LogP contribution in [0.2, 0.25) is 0 Å². The molecule has 0 aliphatic heterocycles. The summed E-state index contributed by atoms with van der Waals surface area (Å²) >= 11 is 0. The van der Waals surface area contributed by atoms with E-state index in [2.05, 4.69) is 5.32 Å². The Morgan fingerprint density at radius 3 is 2.78 bits per heavy atom. The summed E-state index contributed by atoms with van der Waals surface area (Å²) in [5.41, 5.74) is 0.00517. The van der Waals surface area contributed by atoms with E-state index in [1.165, 1.54) is 25.3 Å². The van der Waals surface area contributed by atoms with Crippen molar-refractivity contribution in [1.82, 2.24) is 0 Å². The van der Waals surface area contributed by atoms with Crippen molar-refractivity contribution >= 4 is 17.3 Å². The fourth-order valence-corrected chi connectivity index (χ4v) is 1.23. The minimum absolute atomic E-state index is 0.150. The molecule has 1 aromatic rings. The van der Waals surface area contributed by atoms with Crippen molar-refractivity contribution in [2.75, 3.05) is 32.2 Å². The summed E-state index contributed by atoms with van der Waals surface area (Å²) in [5, 5.41) is 13.1. The van der Waals surface area contributed by atoms with Gasteiger partial charge in [0.15, 0.2) is 0 Å². The highest BCUT2D eigenvalue weighted by molar-refractivity contribution is 5.93. The van der Waals surface area contributed by atoms with Crippen molar-refractivity contribution in [3.63, 3.8) is 0 Å². The summed E-state index contributed by atoms with van der Waals surface area (Å²) in [6, 6.07) is 5.92. The Labute approximate surface area is 104 Å². The van der Waals surface area contributed by atoms with E-state index in [4.69, 9.17) is 9.47 Å². The van der Waals surface area contributed by atoms with E-state index in [1.807, 2.05) is 0 Å². The minimum Gasteiger partial charge on any atom is -0.382 e. The number of nitro benzene ring substituents is 1. The van der Waals surface area contributed by atoms with E-state index in [0.717, 1.165) is 0 Å². The maximum atomic E-state index is 11.5. The molecule has 0 spiro atoms. The van der Waals surface area contributed by atoms with Crippen molar-refractivity contribution in [2.24, 2.45) is 0 Å². The Morgan fingerprint density at radius 1 is 1.39 bits per heavy atom. The highest BCUT2D eigenvalue weighted by atomic mass is 16.6. The first-order chi connectivity index (χ1) is 8.65. The number of nitrogens with one attached hydrogen (secondary N) is 1. The zero-order chi connectivity index (χ0) is 13.4. The molecule has 7 nitrogen and oxygen atoms in total. The van der Waals surface area contributed by atoms with Gasteiger partial charge in [-0.15, -0.1) is 0 Å². The van der Waals surface area contributed by atoms with Gasteiger partial charge in [-0.2, -0.15) is 0 Å². The molecule has 0 fully saturated rings. The Kier molecular flexibility index (Phi) is 5.75. The van der Waals surface area contributed by atoms with Crippen LogP contribution < -0.4 is 5.32 Å². The quantitative estimate of drug-likeness (QED) is 0.448. The van der Waals surface area contributed by atoms with Gasteiger partial charge in [0.25, 0.3) is 11.6 Å². The van der Waals surface area contributed by atoms with Gasteiger partial charge in [-0.3, -0.25) is 14.9 Å². The molecule has 1 rings (SSSR count). The summed E-state index contributed by atoms with van der Waals surface area (Å²) < 4.78 is 9.75. The van der Waals surface area contributed by atoms with E-state index in [-0.39, 0.29) is 18.0 Å². The fraction of sp³-hybridized carbons (Fsp3) is 0.364. The number of anilines is 1. The number of hydrogen-bond acceptors (Lipinski definition) is 5. The molecule has 0 unspecified atom stereocenters. The summed E-state index contributed by atoms with van der Waals surface area (Å²) in [4.78, 5) is 21.6. The van der Waals surface area contributed by atoms with E-state index < -0.39 is 10.8 Å². The first kappa shape index (κ1) is 14.1. The third-order valence-corrected chi connectivity index (χ3v) is 2.04. The number of rotatable bonds is 7. The molecule has 1 amide bonds. The second kappa shape index (κ2) is 7.36. The lowest BCUT2D eigenvalue weighted by Crippen LogP contribution is -2.20. The van der Waals surface area contributed by atoms with Crippen LogP contribution in [0.25, 0.3) is 0 Å². The number of carbonyl (C=O) groups excluding carboxylic acids is 1. The molecule has 1 N–H and O–H groups in total. The van der Waals surface area contributed by atoms with Crippen LogP contribution >= 0.6 is 0 Å². The average molecular weight is 254 g/mol. The lowest BCUT2D eigenvalue weighted by Gasteiger charge is -2.06. The predicted octanol–water partition coefficient (Wildman–Crippen LogP) is 1.20. The van der Waals surface area contributed by atoms with Gasteiger partial charge in [0, 0.05) is 13.2 Å². The zero-order valence-electron chi connectivity index (χ0n) is 9.92. The number of benzene rings is 1. The Hall–Kier alpha value is -1.99. The summed E-state index contributed by atoms with van der Waals surface area (Å²) in [7, 11) is 1.52. The van der Waals surface area contributed by atoms with Crippen LogP contribution in [0.4, 0.5) is 11.4 Å². The SMILES string of the molecule is COCCOCC(=O)Nc1ccccc1[N+](=O)[O-]. The van der Waals surface area contributed by atoms with Gasteiger partial charge in [-0.1, -0.05) is 12.1 Å². The normalized spacial score (nSPS) is 10.1. The van der Waals surface area contributed by atoms with Crippen molar-refractivity contribution in [2.45, 2.75) is 0 Å². The van der Waals surface area contributed by atoms with E-state index >= 15 is 0 Å². The topological polar surface area (TPSA) is 90.7 Å². The van der Waals surface area contributed by atoms with E-state index in [0.29, 0.717) is 13.2 Å². The molecule has 0 aromatic heterocycles. The van der Waals surface area contributed by atoms with Crippen LogP contribution in [0.5, 0.6) is 0 Å². The summed E-state index contributed by atoms with van der Waals surface area (Å²) in [6.45, 7) is 0.509. The van der Waals surface area contributed by atoms with Crippen LogP contribution in [0.15, 0.2) is 24.3 Å². The van der Waals surface area contributed by atoms with Gasteiger partial charge < -0.3 is 14.8 Å². The third kappa shape index (κ3) is 4.48. The number of para-hydroxylation sites is 2. The monoisotopic (exact) mass is 254 g/mol. The highest BCUT2D eigenvalue weighted by Gasteiger charge is 2.14. The lowest BCUT2D eigenvalue weighted by atomic mass is 10.2. The number of amides is 1. The standard InChI is InChI=1S/C11H14N2O5/c1-17-6-7-18-8-11(14)12-9-4-2-3-5-10(9)13(15)16/h2-5H,6-8H2,1H3,(H,12,14). The van der Waals surface area contributed by atoms with Crippen molar-refractivity contribution in [3.05, 3.63) is 34.4 Å². The van der Waals surface area contributed by atoms with Crippen LogP contribution in [-0.2, 0) is 14.3 Å². The maximum Gasteiger partial charge on any atom is 0.292 e. The molecular formula is C11H14N2O5. The maximum absolute atomic E-state index is 11.5. The fourth-order valence-electron chi connectivity index (χ4n) is 1.23. The van der Waals surface area contributed by atoms with Crippen LogP contribution in [0.1, 0.15) is 0 Å². The Morgan fingerprint density at radius 2 is 2.11 bits per heavy atom. The number of nitro groups is 1. The van der Waals surface area contributed by atoms with Crippen molar-refractivity contribution < 1.29 is 19.2 Å². The van der Waals surface area contributed by atoms with Gasteiger partial charge in [-0.05, 0) is 6.07 Å². The molecule has 0 heterocycles. The predicted molar refractivity (Wildman–Crippen MR) is 64.4 cm³/mol. The molecule has 0 saturated heterocycles. The van der Waals surface area contributed by atoms with Gasteiger partial charge in [-0.25, -0.2) is 0 Å². The smallest absolute Gasteiger partial charge is 0.292 e. The molecule has 0 radical (unpaired) electrons. The molecule has 0 atom stereocenters. The molecule has 7 heteroatoms. The van der Waals surface area contributed by atoms with Crippen molar-refractivity contribution in [1.29, 1.82) is 0 Å². The number of ether oxygens (including phenoxy) is 2. The molecule has 1 aromatic carbocycles.